The number of nitrogens with one attached hydrogen (secondary N) is 1. The molecule has 2 aliphatic heterocycles. The van der Waals surface area contributed by atoms with Crippen molar-refractivity contribution >= 4 is 51.7 Å². The van der Waals surface area contributed by atoms with Crippen LogP contribution in [0.5, 0.6) is 0 Å². The summed E-state index contributed by atoms with van der Waals surface area (Å²) in [6.45, 7) is 2.05. The van der Waals surface area contributed by atoms with Crippen LogP contribution in [0.3, 0.4) is 0 Å². The van der Waals surface area contributed by atoms with Crippen molar-refractivity contribution in [2.75, 3.05) is 5.32 Å². The van der Waals surface area contributed by atoms with Gasteiger partial charge in [0.05, 0.1) is 22.5 Å². The lowest BCUT2D eigenvalue weighted by Gasteiger charge is -2.23. The van der Waals surface area contributed by atoms with E-state index in [2.05, 4.69) is 53.6 Å². The summed E-state index contributed by atoms with van der Waals surface area (Å²) in [5, 5.41) is 9.85. The summed E-state index contributed by atoms with van der Waals surface area (Å²) in [4.78, 5) is 29.7. The van der Waals surface area contributed by atoms with Crippen molar-refractivity contribution in [3.8, 4) is 0 Å². The first kappa shape index (κ1) is 23.3. The van der Waals surface area contributed by atoms with Crippen molar-refractivity contribution in [3.63, 3.8) is 0 Å². The Labute approximate surface area is 213 Å². The van der Waals surface area contributed by atoms with E-state index in [1.165, 1.54) is 17.3 Å². The van der Waals surface area contributed by atoms with E-state index < -0.39 is 5.25 Å². The molecule has 8 heteroatoms. The van der Waals surface area contributed by atoms with E-state index >= 15 is 0 Å². The molecule has 35 heavy (non-hydrogen) atoms. The van der Waals surface area contributed by atoms with Crippen LogP contribution in [0.25, 0.3) is 0 Å². The number of hydrogen-bond acceptors (Lipinski definition) is 5. The molecule has 2 aliphatic rings. The lowest BCUT2D eigenvalue weighted by Crippen LogP contribution is -2.25. The molecule has 0 radical (unpaired) electrons. The highest BCUT2D eigenvalue weighted by molar-refractivity contribution is 8.15. The standard InChI is InChI=1S/C27H23ClN4O2S/c1-17-11-13-18(14-12-17)22-15-23(19-7-3-2-4-8-19)32(31-22)27-30-26(34)24(35-27)16-25(33)29-21-10-6-5-9-20(21)28/h2-14,23-24H,15-16H2,1H3,(H,29,33)/t23-,24-/m1/s1. The maximum Gasteiger partial charge on any atom is 0.262 e. The van der Waals surface area contributed by atoms with Crippen LogP contribution >= 0.6 is 23.4 Å². The highest BCUT2D eigenvalue weighted by Gasteiger charge is 2.39. The summed E-state index contributed by atoms with van der Waals surface area (Å²) in [5.74, 6) is -0.615. The predicted molar refractivity (Wildman–Crippen MR) is 142 cm³/mol. The molecule has 5 rings (SSSR count). The largest absolute Gasteiger partial charge is 0.325 e. The van der Waals surface area contributed by atoms with Crippen LogP contribution in [0, 0.1) is 6.92 Å². The van der Waals surface area contributed by atoms with Crippen molar-refractivity contribution in [2.45, 2.75) is 31.1 Å². The van der Waals surface area contributed by atoms with Crippen LogP contribution in [0.1, 0.15) is 35.6 Å². The minimum atomic E-state index is -0.609. The molecule has 176 valence electrons. The fraction of sp³-hybridized carbons (Fsp3) is 0.185. The minimum Gasteiger partial charge on any atom is -0.325 e. The van der Waals surface area contributed by atoms with E-state index in [1.807, 2.05) is 23.2 Å². The second-order valence-electron chi connectivity index (χ2n) is 8.46. The number of halogens is 1. The lowest BCUT2D eigenvalue weighted by molar-refractivity contribution is -0.121. The number of aliphatic imine (C=N–C) groups is 1. The molecule has 0 aromatic heterocycles. The number of rotatable bonds is 5. The Balaban J connectivity index is 1.35. The molecule has 0 aliphatic carbocycles. The Morgan fingerprint density at radius 2 is 1.77 bits per heavy atom. The van der Waals surface area contributed by atoms with Crippen LogP contribution in [-0.2, 0) is 9.59 Å². The quantitative estimate of drug-likeness (QED) is 0.476. The van der Waals surface area contributed by atoms with Gasteiger partial charge in [0.15, 0.2) is 5.17 Å². The lowest BCUT2D eigenvalue weighted by atomic mass is 9.98. The number of para-hydroxylation sites is 1. The van der Waals surface area contributed by atoms with Gasteiger partial charge in [-0.1, -0.05) is 95.7 Å². The third kappa shape index (κ3) is 5.16. The normalized spacial score (nSPS) is 19.5. The molecular weight excluding hydrogens is 480 g/mol. The van der Waals surface area contributed by atoms with Crippen LogP contribution in [0.2, 0.25) is 5.02 Å². The van der Waals surface area contributed by atoms with Gasteiger partial charge in [0, 0.05) is 12.8 Å². The number of amidine groups is 1. The second-order valence-corrected chi connectivity index (χ2v) is 10.0. The SMILES string of the molecule is Cc1ccc(C2=NN(C3=NC(=O)[C@@H](CC(=O)Nc4ccccc4Cl)S3)[C@@H](c3ccccc3)C2)cc1. The summed E-state index contributed by atoms with van der Waals surface area (Å²) in [7, 11) is 0. The molecule has 0 saturated carbocycles. The first-order valence-electron chi connectivity index (χ1n) is 11.3. The van der Waals surface area contributed by atoms with Gasteiger partial charge in [-0.3, -0.25) is 9.59 Å². The van der Waals surface area contributed by atoms with E-state index in [1.54, 1.807) is 24.3 Å². The average molecular weight is 503 g/mol. The van der Waals surface area contributed by atoms with Gasteiger partial charge in [-0.25, -0.2) is 5.01 Å². The molecule has 0 spiro atoms. The van der Waals surface area contributed by atoms with E-state index in [0.29, 0.717) is 22.3 Å². The number of thioether (sulfide) groups is 1. The molecule has 6 nitrogen and oxygen atoms in total. The van der Waals surface area contributed by atoms with E-state index in [9.17, 15) is 9.59 Å². The molecule has 0 unspecified atom stereocenters. The van der Waals surface area contributed by atoms with Crippen molar-refractivity contribution in [1.29, 1.82) is 0 Å². The van der Waals surface area contributed by atoms with Crippen LogP contribution in [0.15, 0.2) is 89.0 Å². The molecule has 3 aromatic carbocycles. The first-order valence-corrected chi connectivity index (χ1v) is 12.6. The number of carbonyl (C=O) groups is 2. The van der Waals surface area contributed by atoms with E-state index in [4.69, 9.17) is 16.7 Å². The van der Waals surface area contributed by atoms with Crippen molar-refractivity contribution in [3.05, 3.63) is 101 Å². The van der Waals surface area contributed by atoms with Crippen LogP contribution in [0.4, 0.5) is 5.69 Å². The molecule has 0 fully saturated rings. The summed E-state index contributed by atoms with van der Waals surface area (Å²) >= 11 is 7.42. The van der Waals surface area contributed by atoms with Crippen molar-refractivity contribution in [1.82, 2.24) is 5.01 Å². The topological polar surface area (TPSA) is 74.1 Å². The maximum atomic E-state index is 12.7. The smallest absolute Gasteiger partial charge is 0.262 e. The molecular formula is C27H23ClN4O2S. The summed E-state index contributed by atoms with van der Waals surface area (Å²) in [6.07, 6.45) is 0.693. The summed E-state index contributed by atoms with van der Waals surface area (Å²) < 4.78 is 0. The van der Waals surface area contributed by atoms with Gasteiger partial charge >= 0.3 is 0 Å². The monoisotopic (exact) mass is 502 g/mol. The number of nitrogens with zero attached hydrogens (tertiary/aromatic N) is 3. The molecule has 1 N–H and O–H groups in total. The Morgan fingerprint density at radius 3 is 2.51 bits per heavy atom. The molecule has 2 heterocycles. The predicted octanol–water partition coefficient (Wildman–Crippen LogP) is 5.83. The van der Waals surface area contributed by atoms with Crippen molar-refractivity contribution < 1.29 is 9.59 Å². The molecule has 2 amide bonds. The second kappa shape index (κ2) is 10.1. The Kier molecular flexibility index (Phi) is 6.70. The zero-order chi connectivity index (χ0) is 24.4. The highest BCUT2D eigenvalue weighted by Crippen LogP contribution is 2.38. The van der Waals surface area contributed by atoms with Crippen LogP contribution < -0.4 is 5.32 Å². The first-order chi connectivity index (χ1) is 17.0. The number of hydrogen-bond donors (Lipinski definition) is 1. The van der Waals surface area contributed by atoms with Crippen LogP contribution in [-0.4, -0.2) is 33.0 Å². The number of hydrazone groups is 1. The molecule has 3 aromatic rings. The van der Waals surface area contributed by atoms with E-state index in [-0.39, 0.29) is 24.3 Å². The highest BCUT2D eigenvalue weighted by atomic mass is 35.5. The molecule has 2 atom stereocenters. The molecule has 0 bridgehead atoms. The van der Waals surface area contributed by atoms with Gasteiger partial charge in [0.25, 0.3) is 5.91 Å². The van der Waals surface area contributed by atoms with E-state index in [0.717, 1.165) is 16.8 Å². The average Bonchev–Trinajstić information content (AvgIpc) is 3.46. The van der Waals surface area contributed by atoms with Gasteiger partial charge in [0.1, 0.15) is 5.25 Å². The Morgan fingerprint density at radius 1 is 1.06 bits per heavy atom. The molecule has 0 saturated heterocycles. The number of aryl methyl sites for hydroxylation is 1. The fourth-order valence-electron chi connectivity index (χ4n) is 4.08. The van der Waals surface area contributed by atoms with Crippen molar-refractivity contribution in [2.24, 2.45) is 10.1 Å². The Hall–Kier alpha value is -3.42. The fourth-order valence-corrected chi connectivity index (χ4v) is 5.32. The zero-order valence-electron chi connectivity index (χ0n) is 19.0. The number of anilines is 1. The number of carbonyl (C=O) groups excluding carboxylic acids is 2. The Bertz CT molecular complexity index is 1320. The zero-order valence-corrected chi connectivity index (χ0v) is 20.6. The maximum absolute atomic E-state index is 12.7. The third-order valence-corrected chi connectivity index (χ3v) is 7.39. The van der Waals surface area contributed by atoms with Gasteiger partial charge in [0.2, 0.25) is 5.91 Å². The minimum absolute atomic E-state index is 0.0000996. The third-order valence-electron chi connectivity index (χ3n) is 5.92. The summed E-state index contributed by atoms with van der Waals surface area (Å²) in [5.41, 5.74) is 4.78. The number of benzene rings is 3. The van der Waals surface area contributed by atoms with Gasteiger partial charge < -0.3 is 5.32 Å². The summed E-state index contributed by atoms with van der Waals surface area (Å²) in [6, 6.07) is 25.3. The van der Waals surface area contributed by atoms with Gasteiger partial charge in [-0.2, -0.15) is 10.1 Å². The number of amides is 2. The van der Waals surface area contributed by atoms with Gasteiger partial charge in [-0.15, -0.1) is 0 Å². The van der Waals surface area contributed by atoms with Gasteiger partial charge in [-0.05, 0) is 30.2 Å².